The summed E-state index contributed by atoms with van der Waals surface area (Å²) in [5, 5.41) is 0.694. The van der Waals surface area contributed by atoms with E-state index in [-0.39, 0.29) is 16.2 Å². The van der Waals surface area contributed by atoms with E-state index in [9.17, 15) is 18.0 Å². The zero-order valence-corrected chi connectivity index (χ0v) is 15.1. The zero-order chi connectivity index (χ0) is 18.2. The van der Waals surface area contributed by atoms with Crippen LogP contribution >= 0.6 is 11.6 Å². The van der Waals surface area contributed by atoms with E-state index in [1.165, 1.54) is 6.07 Å². The normalized spacial score (nSPS) is 14.4. The zero-order valence-electron chi connectivity index (χ0n) is 13.5. The predicted molar refractivity (Wildman–Crippen MR) is 93.8 cm³/mol. The lowest BCUT2D eigenvalue weighted by molar-refractivity contribution is -0.0151. The van der Waals surface area contributed by atoms with Crippen LogP contribution in [0.2, 0.25) is 0 Å². The molecule has 8 heteroatoms. The van der Waals surface area contributed by atoms with Crippen LogP contribution in [0.3, 0.4) is 0 Å². The van der Waals surface area contributed by atoms with Crippen LogP contribution in [0.4, 0.5) is 0 Å². The molecule has 0 radical (unpaired) electrons. The van der Waals surface area contributed by atoms with Gasteiger partial charge in [-0.15, -0.1) is 20.9 Å². The highest BCUT2D eigenvalue weighted by Gasteiger charge is 2.37. The van der Waals surface area contributed by atoms with Gasteiger partial charge in [-0.1, -0.05) is 31.5 Å². The number of alkyl halides is 1. The number of halogens is 1. The summed E-state index contributed by atoms with van der Waals surface area (Å²) < 4.78 is 27.9. The SMILES string of the molecule is CCCCc1cc2c3c(cccc3c1)C(=O)N(OS(=O)(=O)CCl)C2=O. The molecule has 0 atom stereocenters. The van der Waals surface area contributed by atoms with Crippen molar-refractivity contribution < 1.29 is 22.3 Å². The summed E-state index contributed by atoms with van der Waals surface area (Å²) in [7, 11) is -4.23. The molecular weight excluding hydrogens is 366 g/mol. The third-order valence-corrected chi connectivity index (χ3v) is 5.45. The summed E-state index contributed by atoms with van der Waals surface area (Å²) in [6, 6.07) is 8.69. The standard InChI is InChI=1S/C17H16ClNO5S/c1-2-3-5-11-8-12-6-4-7-13-15(12)14(9-11)17(21)19(16(13)20)24-25(22,23)10-18/h4,6-9H,2-3,5,10H2,1H3. The number of imide groups is 1. The molecule has 2 amide bonds. The fourth-order valence-corrected chi connectivity index (χ4v) is 3.40. The summed E-state index contributed by atoms with van der Waals surface area (Å²) in [5.41, 5.74) is 1.42. The van der Waals surface area contributed by atoms with Gasteiger partial charge in [0.05, 0.1) is 11.1 Å². The van der Waals surface area contributed by atoms with Crippen molar-refractivity contribution in [2.24, 2.45) is 0 Å². The number of carbonyl (C=O) groups is 2. The smallest absolute Gasteiger partial charge is 0.266 e. The fraction of sp³-hybridized carbons (Fsp3) is 0.294. The van der Waals surface area contributed by atoms with Gasteiger partial charge < -0.3 is 0 Å². The number of rotatable bonds is 6. The number of carbonyl (C=O) groups excluding carboxylic acids is 2. The molecule has 0 aromatic heterocycles. The van der Waals surface area contributed by atoms with Crippen LogP contribution in [-0.2, 0) is 20.8 Å². The first-order chi connectivity index (χ1) is 11.9. The van der Waals surface area contributed by atoms with Gasteiger partial charge in [0.15, 0.2) is 5.21 Å². The number of hydrogen-bond acceptors (Lipinski definition) is 5. The lowest BCUT2D eigenvalue weighted by Crippen LogP contribution is -2.42. The second kappa shape index (κ2) is 6.74. The van der Waals surface area contributed by atoms with E-state index >= 15 is 0 Å². The van der Waals surface area contributed by atoms with E-state index in [1.807, 2.05) is 12.1 Å². The molecule has 6 nitrogen and oxygen atoms in total. The maximum Gasteiger partial charge on any atom is 0.302 e. The third kappa shape index (κ3) is 3.27. The Kier molecular flexibility index (Phi) is 4.81. The van der Waals surface area contributed by atoms with E-state index in [4.69, 9.17) is 11.6 Å². The van der Waals surface area contributed by atoms with Gasteiger partial charge in [-0.05, 0) is 35.9 Å². The van der Waals surface area contributed by atoms with Crippen LogP contribution in [0.25, 0.3) is 10.8 Å². The molecular formula is C17H16ClNO5S. The van der Waals surface area contributed by atoms with Crippen molar-refractivity contribution in [2.75, 3.05) is 5.21 Å². The first-order valence-electron chi connectivity index (χ1n) is 7.80. The summed E-state index contributed by atoms with van der Waals surface area (Å²) >= 11 is 5.31. The Bertz CT molecular complexity index is 970. The molecule has 1 aliphatic heterocycles. The number of amides is 2. The highest BCUT2D eigenvalue weighted by atomic mass is 35.5. The van der Waals surface area contributed by atoms with Crippen LogP contribution in [0.5, 0.6) is 0 Å². The van der Waals surface area contributed by atoms with Crippen molar-refractivity contribution >= 4 is 44.3 Å². The van der Waals surface area contributed by atoms with Gasteiger partial charge >= 0.3 is 10.1 Å². The molecule has 0 unspecified atom stereocenters. The number of hydrogen-bond donors (Lipinski definition) is 0. The molecule has 0 saturated heterocycles. The van der Waals surface area contributed by atoms with Gasteiger partial charge in [0.25, 0.3) is 11.8 Å². The minimum atomic E-state index is -4.23. The van der Waals surface area contributed by atoms with Crippen molar-refractivity contribution in [3.05, 3.63) is 47.0 Å². The maximum atomic E-state index is 12.7. The average Bonchev–Trinajstić information content (AvgIpc) is 2.61. The molecule has 3 rings (SSSR count). The number of hydroxylamine groups is 2. The van der Waals surface area contributed by atoms with Crippen molar-refractivity contribution in [1.29, 1.82) is 0 Å². The molecule has 2 aromatic carbocycles. The monoisotopic (exact) mass is 381 g/mol. The molecule has 25 heavy (non-hydrogen) atoms. The van der Waals surface area contributed by atoms with Crippen LogP contribution in [-0.4, -0.2) is 30.5 Å². The quantitative estimate of drug-likeness (QED) is 0.566. The minimum Gasteiger partial charge on any atom is -0.266 e. The number of aryl methyl sites for hydroxylation is 1. The third-order valence-electron chi connectivity index (χ3n) is 4.01. The average molecular weight is 382 g/mol. The molecule has 0 aliphatic carbocycles. The van der Waals surface area contributed by atoms with Crippen molar-refractivity contribution in [3.63, 3.8) is 0 Å². The van der Waals surface area contributed by atoms with Gasteiger partial charge in [-0.3, -0.25) is 9.59 Å². The van der Waals surface area contributed by atoms with Gasteiger partial charge in [-0.25, -0.2) is 0 Å². The molecule has 0 fully saturated rings. The molecule has 0 N–H and O–H groups in total. The Labute approximate surface area is 150 Å². The van der Waals surface area contributed by atoms with Crippen molar-refractivity contribution in [2.45, 2.75) is 26.2 Å². The number of benzene rings is 2. The second-order valence-electron chi connectivity index (χ2n) is 5.80. The number of unbranched alkanes of at least 4 members (excludes halogenated alkanes) is 1. The van der Waals surface area contributed by atoms with E-state index in [0.29, 0.717) is 5.39 Å². The lowest BCUT2D eigenvalue weighted by Gasteiger charge is -2.25. The summed E-state index contributed by atoms with van der Waals surface area (Å²) in [6.45, 7) is 2.07. The molecule has 132 valence electrons. The maximum absolute atomic E-state index is 12.7. The van der Waals surface area contributed by atoms with Crippen LogP contribution in [0.1, 0.15) is 46.0 Å². The number of nitrogens with zero attached hydrogens (tertiary/aromatic N) is 1. The topological polar surface area (TPSA) is 80.8 Å². The Morgan fingerprint density at radius 3 is 2.52 bits per heavy atom. The van der Waals surface area contributed by atoms with Gasteiger partial charge in [0.2, 0.25) is 0 Å². The highest BCUT2D eigenvalue weighted by Crippen LogP contribution is 2.32. The summed E-state index contributed by atoms with van der Waals surface area (Å²) in [4.78, 5) is 25.2. The minimum absolute atomic E-state index is 0.221. The fourth-order valence-electron chi connectivity index (χ4n) is 2.87. The Hall–Kier alpha value is -1.96. The van der Waals surface area contributed by atoms with Crippen LogP contribution in [0.15, 0.2) is 30.3 Å². The Morgan fingerprint density at radius 2 is 1.84 bits per heavy atom. The Morgan fingerprint density at radius 1 is 1.12 bits per heavy atom. The van der Waals surface area contributed by atoms with Crippen LogP contribution < -0.4 is 0 Å². The summed E-state index contributed by atoms with van der Waals surface area (Å²) in [6.07, 6.45) is 2.74. The van der Waals surface area contributed by atoms with Crippen molar-refractivity contribution in [1.82, 2.24) is 5.06 Å². The van der Waals surface area contributed by atoms with Gasteiger partial charge in [-0.2, -0.15) is 8.42 Å². The van der Waals surface area contributed by atoms with Crippen LogP contribution in [0, 0.1) is 0 Å². The molecule has 0 spiro atoms. The Balaban J connectivity index is 2.15. The molecule has 0 bridgehead atoms. The first kappa shape index (κ1) is 17.8. The van der Waals surface area contributed by atoms with Crippen molar-refractivity contribution in [3.8, 4) is 0 Å². The summed E-state index contributed by atoms with van der Waals surface area (Å²) in [5.74, 6) is -1.63. The molecule has 0 saturated carbocycles. The lowest BCUT2D eigenvalue weighted by atomic mass is 9.92. The molecule has 1 aliphatic rings. The highest BCUT2D eigenvalue weighted by molar-refractivity contribution is 7.87. The first-order valence-corrected chi connectivity index (χ1v) is 9.92. The van der Waals surface area contributed by atoms with E-state index in [2.05, 4.69) is 11.2 Å². The van der Waals surface area contributed by atoms with E-state index in [0.717, 1.165) is 30.2 Å². The second-order valence-corrected chi connectivity index (χ2v) is 7.93. The van der Waals surface area contributed by atoms with E-state index in [1.54, 1.807) is 12.1 Å². The van der Waals surface area contributed by atoms with Gasteiger partial charge in [0, 0.05) is 5.39 Å². The van der Waals surface area contributed by atoms with Gasteiger partial charge in [0.1, 0.15) is 0 Å². The van der Waals surface area contributed by atoms with E-state index < -0.39 is 27.1 Å². The molecule has 2 aromatic rings. The largest absolute Gasteiger partial charge is 0.302 e. The predicted octanol–water partition coefficient (Wildman–Crippen LogP) is 3.24. The molecule has 1 heterocycles.